The molecule has 0 fully saturated rings. The monoisotopic (exact) mass is 385 g/mol. The molecule has 0 saturated heterocycles. The van der Waals surface area contributed by atoms with Crippen molar-refractivity contribution in [2.24, 2.45) is 0 Å². The molecule has 1 aromatic heterocycles. The number of fused-ring (bicyclic) bond motifs is 1. The Morgan fingerprint density at radius 2 is 1.86 bits per heavy atom. The summed E-state index contributed by atoms with van der Waals surface area (Å²) in [6.07, 6.45) is 2.34. The summed E-state index contributed by atoms with van der Waals surface area (Å²) < 4.78 is 0. The molecule has 1 aliphatic rings. The predicted octanol–water partition coefficient (Wildman–Crippen LogP) is 4.54. The molecule has 1 atom stereocenters. The van der Waals surface area contributed by atoms with Crippen molar-refractivity contribution in [2.75, 3.05) is 10.2 Å². The van der Waals surface area contributed by atoms with Crippen molar-refractivity contribution in [3.63, 3.8) is 0 Å². The summed E-state index contributed by atoms with van der Waals surface area (Å²) >= 11 is 0. The summed E-state index contributed by atoms with van der Waals surface area (Å²) in [5.41, 5.74) is 5.62. The lowest BCUT2D eigenvalue weighted by molar-refractivity contribution is 0.0981. The van der Waals surface area contributed by atoms with E-state index >= 15 is 0 Å². The van der Waals surface area contributed by atoms with Gasteiger partial charge in [0.2, 0.25) is 0 Å². The van der Waals surface area contributed by atoms with Crippen molar-refractivity contribution in [1.29, 1.82) is 0 Å². The maximum atomic E-state index is 13.2. The molecule has 3 aromatic rings. The van der Waals surface area contributed by atoms with E-state index in [-0.39, 0.29) is 23.6 Å². The van der Waals surface area contributed by atoms with E-state index in [0.717, 1.165) is 34.5 Å². The van der Waals surface area contributed by atoms with E-state index in [0.29, 0.717) is 5.56 Å². The summed E-state index contributed by atoms with van der Waals surface area (Å²) in [4.78, 5) is 31.9. The molecule has 0 bridgehead atoms. The van der Waals surface area contributed by atoms with Gasteiger partial charge in [0.25, 0.3) is 11.8 Å². The molecule has 29 heavy (non-hydrogen) atoms. The maximum absolute atomic E-state index is 13.2. The van der Waals surface area contributed by atoms with Crippen molar-refractivity contribution in [3.8, 4) is 0 Å². The van der Waals surface area contributed by atoms with E-state index in [1.165, 1.54) is 6.20 Å². The highest BCUT2D eigenvalue weighted by atomic mass is 16.2. The standard InChI is InChI=1S/C24H23N3O2/c1-15-7-6-9-20(17(15)3)26-23(28)21-14-19(11-12-25-21)24(29)27-16(2)13-18-8-4-5-10-22(18)27/h4-12,14,16H,13H2,1-3H3,(H,26,28). The van der Waals surface area contributed by atoms with Crippen LogP contribution in [-0.2, 0) is 6.42 Å². The van der Waals surface area contributed by atoms with E-state index in [1.807, 2.05) is 57.2 Å². The number of aromatic nitrogens is 1. The van der Waals surface area contributed by atoms with Gasteiger partial charge in [0.05, 0.1) is 0 Å². The highest BCUT2D eigenvalue weighted by Crippen LogP contribution is 2.33. The highest BCUT2D eigenvalue weighted by Gasteiger charge is 2.31. The molecule has 146 valence electrons. The first kappa shape index (κ1) is 18.9. The zero-order valence-corrected chi connectivity index (χ0v) is 16.8. The quantitative estimate of drug-likeness (QED) is 0.720. The summed E-state index contributed by atoms with van der Waals surface area (Å²) in [5, 5.41) is 2.90. The van der Waals surface area contributed by atoms with Crippen LogP contribution in [0.2, 0.25) is 0 Å². The molecule has 1 N–H and O–H groups in total. The third-order valence-electron chi connectivity index (χ3n) is 5.52. The first-order valence-corrected chi connectivity index (χ1v) is 9.71. The highest BCUT2D eigenvalue weighted by molar-refractivity contribution is 6.10. The second-order valence-corrected chi connectivity index (χ2v) is 7.49. The number of carbonyl (C=O) groups excluding carboxylic acids is 2. The van der Waals surface area contributed by atoms with Crippen LogP contribution in [0, 0.1) is 13.8 Å². The summed E-state index contributed by atoms with van der Waals surface area (Å²) in [7, 11) is 0. The van der Waals surface area contributed by atoms with Crippen LogP contribution >= 0.6 is 0 Å². The number of benzene rings is 2. The number of anilines is 2. The number of rotatable bonds is 3. The van der Waals surface area contributed by atoms with Gasteiger partial charge in [-0.05, 0) is 68.1 Å². The van der Waals surface area contributed by atoms with Crippen molar-refractivity contribution >= 4 is 23.2 Å². The summed E-state index contributed by atoms with van der Waals surface area (Å²) in [6, 6.07) is 17.0. The Kier molecular flexibility index (Phi) is 4.89. The Hall–Kier alpha value is -3.47. The topological polar surface area (TPSA) is 62.3 Å². The molecule has 1 unspecified atom stereocenters. The molecular weight excluding hydrogens is 362 g/mol. The Bertz CT molecular complexity index is 1110. The van der Waals surface area contributed by atoms with E-state index in [9.17, 15) is 9.59 Å². The number of pyridine rings is 1. The lowest BCUT2D eigenvalue weighted by Crippen LogP contribution is -2.35. The fourth-order valence-electron chi connectivity index (χ4n) is 3.77. The Balaban J connectivity index is 1.60. The van der Waals surface area contributed by atoms with Gasteiger partial charge < -0.3 is 10.2 Å². The first-order chi connectivity index (χ1) is 14.0. The van der Waals surface area contributed by atoms with Crippen LogP contribution in [0.3, 0.4) is 0 Å². The number of hydrogen-bond donors (Lipinski definition) is 1. The minimum Gasteiger partial charge on any atom is -0.320 e. The number of amides is 2. The second-order valence-electron chi connectivity index (χ2n) is 7.49. The molecule has 0 radical (unpaired) electrons. The second kappa shape index (κ2) is 7.51. The lowest BCUT2D eigenvalue weighted by atomic mass is 10.1. The van der Waals surface area contributed by atoms with Gasteiger partial charge in [0.1, 0.15) is 5.69 Å². The summed E-state index contributed by atoms with van der Waals surface area (Å²) in [6.45, 7) is 6.00. The Morgan fingerprint density at radius 3 is 2.69 bits per heavy atom. The molecule has 0 aliphatic carbocycles. The maximum Gasteiger partial charge on any atom is 0.274 e. The van der Waals surface area contributed by atoms with Crippen molar-refractivity contribution in [1.82, 2.24) is 4.98 Å². The molecule has 5 nitrogen and oxygen atoms in total. The average Bonchev–Trinajstić information content (AvgIpc) is 3.06. The largest absolute Gasteiger partial charge is 0.320 e. The lowest BCUT2D eigenvalue weighted by Gasteiger charge is -2.23. The zero-order valence-electron chi connectivity index (χ0n) is 16.8. The van der Waals surface area contributed by atoms with Crippen LogP contribution in [0.5, 0.6) is 0 Å². The number of aryl methyl sites for hydroxylation is 1. The zero-order chi connectivity index (χ0) is 20.5. The molecule has 2 aromatic carbocycles. The van der Waals surface area contributed by atoms with Crippen LogP contribution in [0.4, 0.5) is 11.4 Å². The normalized spacial score (nSPS) is 15.1. The Morgan fingerprint density at radius 1 is 1.07 bits per heavy atom. The fraction of sp³-hybridized carbons (Fsp3) is 0.208. The molecule has 2 amide bonds. The third kappa shape index (κ3) is 3.51. The SMILES string of the molecule is Cc1cccc(NC(=O)c2cc(C(=O)N3c4ccccc4CC3C)ccn2)c1C. The van der Waals surface area contributed by atoms with Gasteiger partial charge in [-0.2, -0.15) is 0 Å². The van der Waals surface area contributed by atoms with Gasteiger partial charge in [-0.15, -0.1) is 0 Å². The van der Waals surface area contributed by atoms with Gasteiger partial charge in [0.15, 0.2) is 0 Å². The van der Waals surface area contributed by atoms with Crippen molar-refractivity contribution < 1.29 is 9.59 Å². The summed E-state index contributed by atoms with van der Waals surface area (Å²) in [5.74, 6) is -0.450. The van der Waals surface area contributed by atoms with Gasteiger partial charge in [-0.1, -0.05) is 30.3 Å². The number of nitrogens with zero attached hydrogens (tertiary/aromatic N) is 2. The van der Waals surface area contributed by atoms with Crippen LogP contribution in [0.25, 0.3) is 0 Å². The van der Waals surface area contributed by atoms with E-state index < -0.39 is 0 Å². The fourth-order valence-corrected chi connectivity index (χ4v) is 3.77. The average molecular weight is 385 g/mol. The van der Waals surface area contributed by atoms with E-state index in [2.05, 4.69) is 16.4 Å². The first-order valence-electron chi connectivity index (χ1n) is 9.71. The van der Waals surface area contributed by atoms with E-state index in [1.54, 1.807) is 17.0 Å². The van der Waals surface area contributed by atoms with Crippen molar-refractivity contribution in [2.45, 2.75) is 33.2 Å². The van der Waals surface area contributed by atoms with Crippen LogP contribution < -0.4 is 10.2 Å². The molecule has 5 heteroatoms. The number of carbonyl (C=O) groups is 2. The van der Waals surface area contributed by atoms with Gasteiger partial charge in [-0.3, -0.25) is 14.6 Å². The Labute approximate surface area is 170 Å². The van der Waals surface area contributed by atoms with Gasteiger partial charge in [0, 0.05) is 29.2 Å². The van der Waals surface area contributed by atoms with Gasteiger partial charge in [-0.25, -0.2) is 0 Å². The van der Waals surface area contributed by atoms with Crippen LogP contribution in [0.15, 0.2) is 60.8 Å². The minimum absolute atomic E-state index is 0.0697. The van der Waals surface area contributed by atoms with E-state index in [4.69, 9.17) is 0 Å². The predicted molar refractivity (Wildman–Crippen MR) is 115 cm³/mol. The van der Waals surface area contributed by atoms with Gasteiger partial charge >= 0.3 is 0 Å². The van der Waals surface area contributed by atoms with Crippen molar-refractivity contribution in [3.05, 3.63) is 88.7 Å². The molecule has 0 spiro atoms. The molecule has 2 heterocycles. The van der Waals surface area contributed by atoms with Crippen LogP contribution in [-0.4, -0.2) is 22.8 Å². The number of para-hydroxylation sites is 1. The molecule has 0 saturated carbocycles. The smallest absolute Gasteiger partial charge is 0.274 e. The minimum atomic E-state index is -0.330. The molecular formula is C24H23N3O2. The molecule has 1 aliphatic heterocycles. The number of hydrogen-bond acceptors (Lipinski definition) is 3. The van der Waals surface area contributed by atoms with Crippen LogP contribution in [0.1, 0.15) is 44.5 Å². The third-order valence-corrected chi connectivity index (χ3v) is 5.52. The number of nitrogens with one attached hydrogen (secondary N) is 1. The molecule has 4 rings (SSSR count).